The van der Waals surface area contributed by atoms with Gasteiger partial charge in [-0.1, -0.05) is 12.1 Å². The Morgan fingerprint density at radius 1 is 1.18 bits per heavy atom. The van der Waals surface area contributed by atoms with E-state index in [1.54, 1.807) is 0 Å². The highest BCUT2D eigenvalue weighted by Gasteiger charge is 2.42. The second kappa shape index (κ2) is 10.6. The molecule has 0 radical (unpaired) electrons. The lowest BCUT2D eigenvalue weighted by Gasteiger charge is -2.30. The molecule has 5 amide bonds. The van der Waals surface area contributed by atoms with Crippen molar-refractivity contribution >= 4 is 41.1 Å². The van der Waals surface area contributed by atoms with E-state index in [-0.39, 0.29) is 23.3 Å². The number of carboxylic acid groups (broad SMARTS) is 1. The number of urea groups is 2. The number of benzene rings is 2. The molecule has 1 saturated heterocycles. The Morgan fingerprint density at radius 3 is 2.40 bits per heavy atom. The molecule has 2 atom stereocenters. The molecule has 4 rings (SSSR count). The number of sulfonamides is 1. The third-order valence-corrected chi connectivity index (χ3v) is 7.32. The van der Waals surface area contributed by atoms with Crippen molar-refractivity contribution in [1.29, 1.82) is 0 Å². The number of hydrogen-bond donors (Lipinski definition) is 5. The molecule has 0 spiro atoms. The number of fused-ring (bicyclic) bond motifs is 1. The number of para-hydroxylation sites is 1. The van der Waals surface area contributed by atoms with Crippen LogP contribution in [0.3, 0.4) is 0 Å². The highest BCUT2D eigenvalue weighted by atomic mass is 32.2. The van der Waals surface area contributed by atoms with Crippen LogP contribution in [-0.4, -0.2) is 89.2 Å². The Kier molecular flexibility index (Phi) is 7.58. The van der Waals surface area contributed by atoms with Crippen LogP contribution in [0.15, 0.2) is 30.3 Å². The van der Waals surface area contributed by atoms with Crippen molar-refractivity contribution in [1.82, 2.24) is 19.8 Å². The first-order valence-electron chi connectivity index (χ1n) is 11.5. The van der Waals surface area contributed by atoms with Gasteiger partial charge in [0, 0.05) is 12.1 Å². The second-order valence-electron chi connectivity index (χ2n) is 8.90. The number of carbonyl (C=O) groups excluding carboxylic acids is 3. The summed E-state index contributed by atoms with van der Waals surface area (Å²) in [5.74, 6) is -7.77. The van der Waals surface area contributed by atoms with Gasteiger partial charge in [-0.25, -0.2) is 40.8 Å². The van der Waals surface area contributed by atoms with Gasteiger partial charge in [-0.05, 0) is 18.1 Å². The fourth-order valence-corrected chi connectivity index (χ4v) is 5.11. The topological polar surface area (TPSA) is 203 Å². The van der Waals surface area contributed by atoms with Gasteiger partial charge in [-0.2, -0.15) is 0 Å². The van der Waals surface area contributed by atoms with Crippen molar-refractivity contribution in [2.45, 2.75) is 18.4 Å². The fourth-order valence-electron chi connectivity index (χ4n) is 4.31. The van der Waals surface area contributed by atoms with E-state index in [2.05, 4.69) is 5.32 Å². The van der Waals surface area contributed by atoms with E-state index in [1.165, 1.54) is 18.2 Å². The quantitative estimate of drug-likeness (QED) is 0.288. The molecule has 0 bridgehead atoms. The SMILES string of the molecule is CS(=O)(=O)N1CCN(C(=O)NC(C(=O)NC2Cc3cccc(C(=O)O)c3OB2O)c2c(F)cc(O)cc2F)C1=O. The number of nitrogens with zero attached hydrogens (tertiary/aromatic N) is 2. The largest absolute Gasteiger partial charge is 0.547 e. The number of nitrogens with one attached hydrogen (secondary N) is 2. The summed E-state index contributed by atoms with van der Waals surface area (Å²) in [4.78, 5) is 50.5. The lowest BCUT2D eigenvalue weighted by atomic mass is 9.72. The molecule has 5 N–H and O–H groups in total. The first kappa shape index (κ1) is 28.6. The smallest absolute Gasteiger partial charge is 0.534 e. The number of phenols is 1. The summed E-state index contributed by atoms with van der Waals surface area (Å²) in [6.45, 7) is -0.822. The summed E-state index contributed by atoms with van der Waals surface area (Å²) in [5.41, 5.74) is -1.00. The van der Waals surface area contributed by atoms with E-state index in [9.17, 15) is 51.6 Å². The molecule has 2 aromatic carbocycles. The van der Waals surface area contributed by atoms with Crippen LogP contribution in [0.25, 0.3) is 0 Å². The summed E-state index contributed by atoms with van der Waals surface area (Å²) in [6, 6.07) is 0.245. The summed E-state index contributed by atoms with van der Waals surface area (Å²) in [5, 5.41) is 33.6. The van der Waals surface area contributed by atoms with Crippen LogP contribution in [0, 0.1) is 11.6 Å². The molecule has 2 heterocycles. The highest BCUT2D eigenvalue weighted by molar-refractivity contribution is 7.88. The minimum atomic E-state index is -4.03. The molecule has 212 valence electrons. The third kappa shape index (κ3) is 5.48. The van der Waals surface area contributed by atoms with Gasteiger partial charge >= 0.3 is 25.1 Å². The Balaban J connectivity index is 1.62. The van der Waals surface area contributed by atoms with E-state index in [4.69, 9.17) is 4.65 Å². The van der Waals surface area contributed by atoms with Gasteiger partial charge in [0.25, 0.3) is 0 Å². The first-order chi connectivity index (χ1) is 18.7. The average Bonchev–Trinajstić information content (AvgIpc) is 3.24. The number of carboxylic acids is 1. The van der Waals surface area contributed by atoms with Crippen molar-refractivity contribution in [2.75, 3.05) is 19.3 Å². The predicted octanol–water partition coefficient (Wildman–Crippen LogP) is -0.0439. The van der Waals surface area contributed by atoms with Gasteiger partial charge < -0.3 is 30.5 Å². The van der Waals surface area contributed by atoms with Gasteiger partial charge in [0.2, 0.25) is 15.9 Å². The molecule has 40 heavy (non-hydrogen) atoms. The maximum absolute atomic E-state index is 14.8. The summed E-state index contributed by atoms with van der Waals surface area (Å²) >= 11 is 0. The molecule has 2 aliphatic heterocycles. The van der Waals surface area contributed by atoms with E-state index < -0.39 is 89.1 Å². The lowest BCUT2D eigenvalue weighted by molar-refractivity contribution is -0.123. The first-order valence-corrected chi connectivity index (χ1v) is 13.3. The molecule has 0 aliphatic carbocycles. The van der Waals surface area contributed by atoms with Gasteiger partial charge in [-0.3, -0.25) is 4.79 Å². The van der Waals surface area contributed by atoms with Crippen LogP contribution in [0.1, 0.15) is 27.5 Å². The number of aromatic carboxylic acids is 1. The molecule has 0 aromatic heterocycles. The number of halogens is 2. The number of aromatic hydroxyl groups is 1. The zero-order valence-corrected chi connectivity index (χ0v) is 21.3. The fraction of sp³-hybridized carbons (Fsp3) is 0.273. The molecule has 2 unspecified atom stereocenters. The lowest BCUT2D eigenvalue weighted by Crippen LogP contribution is -2.56. The number of amides is 5. The Hall–Kier alpha value is -4.45. The van der Waals surface area contributed by atoms with Crippen LogP contribution in [0.4, 0.5) is 18.4 Å². The van der Waals surface area contributed by atoms with Gasteiger partial charge in [-0.15, -0.1) is 0 Å². The molecule has 18 heteroatoms. The number of carbonyl (C=O) groups is 4. The molecule has 2 aromatic rings. The minimum absolute atomic E-state index is 0.142. The predicted molar refractivity (Wildman–Crippen MR) is 131 cm³/mol. The second-order valence-corrected chi connectivity index (χ2v) is 10.8. The van der Waals surface area contributed by atoms with E-state index >= 15 is 0 Å². The number of rotatable bonds is 6. The van der Waals surface area contributed by atoms with Crippen molar-refractivity contribution in [3.63, 3.8) is 0 Å². The van der Waals surface area contributed by atoms with Crippen LogP contribution in [0.5, 0.6) is 11.5 Å². The normalized spacial score (nSPS) is 17.6. The summed E-state index contributed by atoms with van der Waals surface area (Å²) in [6.07, 6.45) is 0.553. The van der Waals surface area contributed by atoms with Gasteiger partial charge in [0.15, 0.2) is 0 Å². The monoisotopic (exact) mass is 582 g/mol. The maximum Gasteiger partial charge on any atom is 0.547 e. The van der Waals surface area contributed by atoms with E-state index in [1.807, 2.05) is 5.32 Å². The molecule has 14 nitrogen and oxygen atoms in total. The molecule has 2 aliphatic rings. The zero-order chi connectivity index (χ0) is 29.5. The van der Waals surface area contributed by atoms with Gasteiger partial charge in [0.1, 0.15) is 29.2 Å². The summed E-state index contributed by atoms with van der Waals surface area (Å²) < 4.78 is 58.8. The van der Waals surface area contributed by atoms with Crippen LogP contribution < -0.4 is 15.3 Å². The number of imide groups is 1. The van der Waals surface area contributed by atoms with Crippen molar-refractivity contribution in [3.05, 3.63) is 58.7 Å². The number of hydrogen-bond acceptors (Lipinski definition) is 9. The van der Waals surface area contributed by atoms with E-state index in [0.717, 1.165) is 6.26 Å². The average molecular weight is 582 g/mol. The van der Waals surface area contributed by atoms with Crippen molar-refractivity contribution in [2.24, 2.45) is 0 Å². The highest BCUT2D eigenvalue weighted by Crippen LogP contribution is 2.31. The van der Waals surface area contributed by atoms with Crippen LogP contribution in [-0.2, 0) is 21.2 Å². The molecule has 0 saturated carbocycles. The Labute approximate surface area is 225 Å². The maximum atomic E-state index is 14.8. The minimum Gasteiger partial charge on any atom is -0.534 e. The summed E-state index contributed by atoms with van der Waals surface area (Å²) in [7, 11) is -5.85. The number of phenolic OH excluding ortho intramolecular Hbond substituents is 1. The van der Waals surface area contributed by atoms with E-state index in [0.29, 0.717) is 21.3 Å². The Bertz CT molecular complexity index is 1500. The third-order valence-electron chi connectivity index (χ3n) is 6.18. The molecular weight excluding hydrogens is 561 g/mol. The van der Waals surface area contributed by atoms with Crippen molar-refractivity contribution in [3.8, 4) is 11.5 Å². The van der Waals surface area contributed by atoms with Crippen molar-refractivity contribution < 1.29 is 56.3 Å². The zero-order valence-electron chi connectivity index (χ0n) is 20.5. The van der Waals surface area contributed by atoms with Crippen LogP contribution >= 0.6 is 0 Å². The molecule has 1 fully saturated rings. The Morgan fingerprint density at radius 2 is 1.82 bits per heavy atom. The molecular formula is C22H21BF2N4O10S. The van der Waals surface area contributed by atoms with Crippen LogP contribution in [0.2, 0.25) is 0 Å². The standard InChI is InChI=1S/C22H21BF2N4O10S/c1-40(37,38)29-6-5-28(22(29)35)21(34)27-17(16-13(24)8-11(30)9-14(16)25)19(31)26-15-7-10-3-2-4-12(20(32)33)18(10)39-23(15)36/h2-4,8-9,15,17,30,36H,5-7H2,1H3,(H,26,31)(H,27,34)(H,32,33). The van der Waals surface area contributed by atoms with Gasteiger partial charge in [0.05, 0.1) is 36.4 Å².